The molecule has 0 aliphatic carbocycles. The minimum atomic E-state index is -0.564. The van der Waals surface area contributed by atoms with E-state index in [1.807, 2.05) is 6.92 Å². The Kier molecular flexibility index (Phi) is 5.78. The maximum absolute atomic E-state index is 11.5. The van der Waals surface area contributed by atoms with Gasteiger partial charge in [-0.25, -0.2) is 9.59 Å². The largest absolute Gasteiger partial charge is 0.490 e. The van der Waals surface area contributed by atoms with Crippen molar-refractivity contribution in [2.45, 2.75) is 13.8 Å². The lowest BCUT2D eigenvalue weighted by Crippen LogP contribution is -2.22. The summed E-state index contributed by atoms with van der Waals surface area (Å²) < 4.78 is 15.7. The Labute approximate surface area is 138 Å². The van der Waals surface area contributed by atoms with Crippen LogP contribution in [0, 0.1) is 0 Å². The molecule has 8 nitrogen and oxygen atoms in total. The van der Waals surface area contributed by atoms with Gasteiger partial charge in [-0.05, 0) is 37.6 Å². The number of carbonyl (C=O) groups excluding carboxylic acids is 3. The predicted octanol–water partition coefficient (Wildman–Crippen LogP) is 1.21. The highest BCUT2D eigenvalue weighted by atomic mass is 16.6. The Balaban J connectivity index is 2.16. The van der Waals surface area contributed by atoms with Crippen molar-refractivity contribution >= 4 is 24.0 Å². The lowest BCUT2D eigenvalue weighted by molar-refractivity contribution is -0.145. The molecular formula is C16H18N2O6. The number of carbonyl (C=O) groups is 3. The Morgan fingerprint density at radius 1 is 1.08 bits per heavy atom. The van der Waals surface area contributed by atoms with Gasteiger partial charge in [-0.15, -0.1) is 0 Å². The van der Waals surface area contributed by atoms with Crippen LogP contribution in [0.5, 0.6) is 11.5 Å². The van der Waals surface area contributed by atoms with Gasteiger partial charge in [0.2, 0.25) is 0 Å². The molecule has 1 aromatic rings. The highest BCUT2D eigenvalue weighted by Gasteiger charge is 2.22. The molecule has 1 aliphatic rings. The fourth-order valence-corrected chi connectivity index (χ4v) is 1.99. The monoisotopic (exact) mass is 334 g/mol. The zero-order chi connectivity index (χ0) is 17.5. The summed E-state index contributed by atoms with van der Waals surface area (Å²) in [6.45, 7) is 3.97. The Hall–Kier alpha value is -3.03. The van der Waals surface area contributed by atoms with Gasteiger partial charge >= 0.3 is 12.0 Å². The van der Waals surface area contributed by atoms with E-state index in [-0.39, 0.29) is 18.9 Å². The molecule has 2 N–H and O–H groups in total. The minimum absolute atomic E-state index is 0.141. The zero-order valence-corrected chi connectivity index (χ0v) is 13.4. The number of hydrogen-bond donors (Lipinski definition) is 2. The standard InChI is InChI=1S/C16H18N2O6/c1-3-22-13-8-10(7-11-15(20)18-16(21)17-11)5-6-12(13)24-9-14(19)23-4-2/h5-8H,3-4,9H2,1-2H3,(H2,17,18,20,21)/b11-7-. The van der Waals surface area contributed by atoms with E-state index in [2.05, 4.69) is 10.6 Å². The van der Waals surface area contributed by atoms with E-state index in [9.17, 15) is 14.4 Å². The van der Waals surface area contributed by atoms with Crippen molar-refractivity contribution in [1.82, 2.24) is 10.6 Å². The molecule has 1 fully saturated rings. The second-order valence-corrected chi connectivity index (χ2v) is 4.70. The van der Waals surface area contributed by atoms with Crippen molar-refractivity contribution in [3.63, 3.8) is 0 Å². The van der Waals surface area contributed by atoms with Crippen LogP contribution in [0.4, 0.5) is 4.79 Å². The first kappa shape index (κ1) is 17.3. The summed E-state index contributed by atoms with van der Waals surface area (Å²) in [6, 6.07) is 4.37. The second kappa shape index (κ2) is 8.00. The summed E-state index contributed by atoms with van der Waals surface area (Å²) in [5.41, 5.74) is 0.775. The van der Waals surface area contributed by atoms with Gasteiger partial charge in [-0.2, -0.15) is 0 Å². The van der Waals surface area contributed by atoms with Crippen LogP contribution in [-0.2, 0) is 14.3 Å². The molecule has 0 atom stereocenters. The maximum Gasteiger partial charge on any atom is 0.344 e. The van der Waals surface area contributed by atoms with Gasteiger partial charge in [0.25, 0.3) is 5.91 Å². The zero-order valence-electron chi connectivity index (χ0n) is 13.4. The number of nitrogens with one attached hydrogen (secondary N) is 2. The molecule has 8 heteroatoms. The van der Waals surface area contributed by atoms with E-state index >= 15 is 0 Å². The summed E-state index contributed by atoms with van der Waals surface area (Å²) in [7, 11) is 0. The van der Waals surface area contributed by atoms with E-state index in [4.69, 9.17) is 14.2 Å². The first-order valence-corrected chi connectivity index (χ1v) is 7.42. The molecule has 24 heavy (non-hydrogen) atoms. The quantitative estimate of drug-likeness (QED) is 0.441. The summed E-state index contributed by atoms with van der Waals surface area (Å²) in [5.74, 6) is -0.176. The Bertz CT molecular complexity index is 683. The summed E-state index contributed by atoms with van der Waals surface area (Å²) in [4.78, 5) is 34.0. The van der Waals surface area contributed by atoms with E-state index in [1.54, 1.807) is 25.1 Å². The molecule has 1 saturated heterocycles. The summed E-state index contributed by atoms with van der Waals surface area (Å²) in [5, 5.41) is 4.52. The van der Waals surface area contributed by atoms with E-state index in [1.165, 1.54) is 6.08 Å². The van der Waals surface area contributed by atoms with E-state index < -0.39 is 17.9 Å². The smallest absolute Gasteiger partial charge is 0.344 e. The number of ether oxygens (including phenoxy) is 3. The number of urea groups is 1. The first-order valence-electron chi connectivity index (χ1n) is 7.42. The predicted molar refractivity (Wildman–Crippen MR) is 84.4 cm³/mol. The molecule has 128 valence electrons. The normalized spacial score (nSPS) is 15.0. The third kappa shape index (κ3) is 4.48. The SMILES string of the molecule is CCOC(=O)COc1ccc(/C=C2\NC(=O)NC2=O)cc1OCC. The van der Waals surface area contributed by atoms with Crippen LogP contribution in [0.15, 0.2) is 23.9 Å². The van der Waals surface area contributed by atoms with Crippen molar-refractivity contribution in [3.8, 4) is 11.5 Å². The molecule has 1 aromatic carbocycles. The number of imide groups is 1. The molecule has 1 heterocycles. The van der Waals surface area contributed by atoms with Crippen molar-refractivity contribution in [3.05, 3.63) is 29.5 Å². The Morgan fingerprint density at radius 3 is 2.50 bits per heavy atom. The van der Waals surface area contributed by atoms with E-state index in [0.717, 1.165) is 0 Å². The lowest BCUT2D eigenvalue weighted by Gasteiger charge is -2.12. The van der Waals surface area contributed by atoms with Crippen molar-refractivity contribution < 1.29 is 28.6 Å². The van der Waals surface area contributed by atoms with Gasteiger partial charge in [0, 0.05) is 0 Å². The third-order valence-electron chi connectivity index (χ3n) is 2.95. The second-order valence-electron chi connectivity index (χ2n) is 4.70. The number of esters is 1. The minimum Gasteiger partial charge on any atom is -0.490 e. The number of hydrogen-bond acceptors (Lipinski definition) is 6. The van der Waals surface area contributed by atoms with Crippen LogP contribution in [-0.4, -0.2) is 37.7 Å². The van der Waals surface area contributed by atoms with Crippen molar-refractivity contribution in [2.75, 3.05) is 19.8 Å². The molecule has 2 rings (SSSR count). The molecule has 0 bridgehead atoms. The molecular weight excluding hydrogens is 316 g/mol. The van der Waals surface area contributed by atoms with Crippen LogP contribution >= 0.6 is 0 Å². The molecule has 0 unspecified atom stereocenters. The molecule has 0 saturated carbocycles. The number of amides is 3. The van der Waals surface area contributed by atoms with Gasteiger partial charge < -0.3 is 19.5 Å². The van der Waals surface area contributed by atoms with Crippen LogP contribution in [0.3, 0.4) is 0 Å². The fraction of sp³-hybridized carbons (Fsp3) is 0.312. The van der Waals surface area contributed by atoms with Gasteiger partial charge in [0.1, 0.15) is 5.70 Å². The van der Waals surface area contributed by atoms with Crippen molar-refractivity contribution in [2.24, 2.45) is 0 Å². The third-order valence-corrected chi connectivity index (χ3v) is 2.95. The number of rotatable bonds is 7. The summed E-state index contributed by atoms with van der Waals surface area (Å²) in [6.07, 6.45) is 1.51. The van der Waals surface area contributed by atoms with Crippen molar-refractivity contribution in [1.29, 1.82) is 0 Å². The average molecular weight is 334 g/mol. The van der Waals surface area contributed by atoms with Crippen LogP contribution in [0.1, 0.15) is 19.4 Å². The Morgan fingerprint density at radius 2 is 1.88 bits per heavy atom. The first-order chi connectivity index (χ1) is 11.5. The van der Waals surface area contributed by atoms with Gasteiger partial charge in [0.05, 0.1) is 13.2 Å². The fourth-order valence-electron chi connectivity index (χ4n) is 1.99. The molecule has 1 aliphatic heterocycles. The molecule has 0 radical (unpaired) electrons. The van der Waals surface area contributed by atoms with Gasteiger partial charge in [-0.3, -0.25) is 10.1 Å². The highest BCUT2D eigenvalue weighted by molar-refractivity contribution is 6.14. The van der Waals surface area contributed by atoms with Crippen LogP contribution in [0.2, 0.25) is 0 Å². The van der Waals surface area contributed by atoms with E-state index in [0.29, 0.717) is 23.7 Å². The van der Waals surface area contributed by atoms with Gasteiger partial charge in [-0.1, -0.05) is 6.07 Å². The lowest BCUT2D eigenvalue weighted by atomic mass is 10.1. The van der Waals surface area contributed by atoms with Crippen LogP contribution < -0.4 is 20.1 Å². The molecule has 0 spiro atoms. The maximum atomic E-state index is 11.5. The number of benzene rings is 1. The van der Waals surface area contributed by atoms with Gasteiger partial charge in [0.15, 0.2) is 18.1 Å². The highest BCUT2D eigenvalue weighted by Crippen LogP contribution is 2.29. The molecule has 0 aromatic heterocycles. The average Bonchev–Trinajstić information content (AvgIpc) is 2.85. The summed E-state index contributed by atoms with van der Waals surface area (Å²) >= 11 is 0. The topological polar surface area (TPSA) is 103 Å². The molecule has 3 amide bonds. The van der Waals surface area contributed by atoms with Crippen LogP contribution in [0.25, 0.3) is 6.08 Å².